The molecule has 4 atom stereocenters. The predicted molar refractivity (Wildman–Crippen MR) is 256 cm³/mol. The molecule has 334 valence electrons. The van der Waals surface area contributed by atoms with Gasteiger partial charge in [0.15, 0.2) is 0 Å². The fraction of sp³-hybridized carbons (Fsp3) is 0.304. The van der Waals surface area contributed by atoms with Crippen LogP contribution in [-0.4, -0.2) is 81.4 Å². The first-order valence-corrected chi connectivity index (χ1v) is 25.3. The van der Waals surface area contributed by atoms with Crippen molar-refractivity contribution in [2.45, 2.75) is 61.0 Å². The molecule has 0 saturated carbocycles. The maximum absolute atomic E-state index is 14.1. The quantitative estimate of drug-likeness (QED) is 0.0941. The Morgan fingerprint density at radius 2 is 1.30 bits per heavy atom. The van der Waals surface area contributed by atoms with E-state index >= 15 is 0 Å². The molecule has 2 fully saturated rings. The fourth-order valence-electron chi connectivity index (χ4n) is 7.98. The lowest BCUT2D eigenvalue weighted by molar-refractivity contribution is 0.391. The minimum absolute atomic E-state index is 0.101. The molecule has 0 radical (unpaired) electrons. The molecule has 0 unspecified atom stereocenters. The highest BCUT2D eigenvalue weighted by molar-refractivity contribution is 7.94. The lowest BCUT2D eigenvalue weighted by Crippen LogP contribution is -2.54. The number of hydrogen-bond acceptors (Lipinski definition) is 12. The van der Waals surface area contributed by atoms with Crippen LogP contribution in [0, 0.1) is 5.82 Å². The van der Waals surface area contributed by atoms with E-state index in [4.69, 9.17) is 9.47 Å². The summed E-state index contributed by atoms with van der Waals surface area (Å²) in [6, 6.07) is 30.3. The van der Waals surface area contributed by atoms with Crippen molar-refractivity contribution in [3.8, 4) is 33.1 Å². The smallest absolute Gasteiger partial charge is 0.271 e. The van der Waals surface area contributed by atoms with Crippen LogP contribution in [0.15, 0.2) is 123 Å². The van der Waals surface area contributed by atoms with Gasteiger partial charge in [0.25, 0.3) is 20.0 Å². The Hall–Kier alpha value is -5.17. The van der Waals surface area contributed by atoms with E-state index in [1.54, 1.807) is 80.2 Å². The first-order valence-electron chi connectivity index (χ1n) is 20.5. The maximum atomic E-state index is 14.1. The molecule has 0 aliphatic carbocycles. The van der Waals surface area contributed by atoms with Crippen LogP contribution in [0.25, 0.3) is 21.6 Å². The number of thiophene rings is 2. The van der Waals surface area contributed by atoms with E-state index in [2.05, 4.69) is 57.6 Å². The Morgan fingerprint density at radius 1 is 0.667 bits per heavy atom. The van der Waals surface area contributed by atoms with E-state index in [0.29, 0.717) is 58.2 Å². The summed E-state index contributed by atoms with van der Waals surface area (Å²) < 4.78 is 82.9. The third-order valence-electron chi connectivity index (χ3n) is 10.7. The summed E-state index contributed by atoms with van der Waals surface area (Å²) in [4.78, 5) is 5.50. The minimum Gasteiger partial charge on any atom is -0.495 e. The van der Waals surface area contributed by atoms with Crippen LogP contribution in [0.4, 0.5) is 27.1 Å². The van der Waals surface area contributed by atoms with Crippen LogP contribution in [0.5, 0.6) is 11.5 Å². The van der Waals surface area contributed by atoms with E-state index < -0.39 is 20.0 Å². The number of ether oxygens (including phenoxy) is 2. The van der Waals surface area contributed by atoms with Gasteiger partial charge >= 0.3 is 0 Å². The number of methoxy groups -OCH3 is 2. The molecule has 2 aliphatic rings. The molecule has 2 aliphatic heterocycles. The summed E-state index contributed by atoms with van der Waals surface area (Å²) in [5.74, 6) is 0.829. The number of nitrogens with one attached hydrogen (secondary N) is 4. The summed E-state index contributed by atoms with van der Waals surface area (Å²) in [6.45, 7) is 11.8. The number of benzene rings is 4. The highest BCUT2D eigenvalue weighted by Gasteiger charge is 2.26. The third-order valence-corrected chi connectivity index (χ3v) is 15.8. The summed E-state index contributed by atoms with van der Waals surface area (Å²) in [5, 5.41) is 11.0. The highest BCUT2D eigenvalue weighted by Crippen LogP contribution is 2.37. The van der Waals surface area contributed by atoms with Crippen LogP contribution in [0.2, 0.25) is 0 Å². The second-order valence-corrected chi connectivity index (χ2v) is 21.3. The summed E-state index contributed by atoms with van der Waals surface area (Å²) in [5.41, 5.74) is 4.77. The summed E-state index contributed by atoms with van der Waals surface area (Å²) >= 11 is 2.85. The van der Waals surface area contributed by atoms with E-state index in [9.17, 15) is 21.2 Å². The van der Waals surface area contributed by atoms with Crippen molar-refractivity contribution in [2.24, 2.45) is 0 Å². The molecule has 4 heterocycles. The number of rotatable bonds is 12. The van der Waals surface area contributed by atoms with Crippen LogP contribution >= 0.6 is 22.7 Å². The van der Waals surface area contributed by atoms with Crippen LogP contribution in [-0.2, 0) is 20.0 Å². The van der Waals surface area contributed by atoms with Crippen molar-refractivity contribution in [1.29, 1.82) is 0 Å². The number of piperazine rings is 2. The van der Waals surface area contributed by atoms with Gasteiger partial charge in [0.2, 0.25) is 0 Å². The molecule has 4 aromatic carbocycles. The minimum atomic E-state index is -3.83. The van der Waals surface area contributed by atoms with Crippen LogP contribution in [0.1, 0.15) is 27.7 Å². The van der Waals surface area contributed by atoms with Crippen molar-refractivity contribution in [1.82, 2.24) is 10.6 Å². The monoisotopic (exact) mass is 932 g/mol. The van der Waals surface area contributed by atoms with E-state index in [1.807, 2.05) is 41.1 Å². The van der Waals surface area contributed by atoms with Gasteiger partial charge in [-0.3, -0.25) is 9.44 Å². The molecule has 12 nitrogen and oxygen atoms in total. The lowest BCUT2D eigenvalue weighted by Gasteiger charge is -2.38. The fourth-order valence-corrected chi connectivity index (χ4v) is 12.1. The number of halogens is 1. The average Bonchev–Trinajstić information content (AvgIpc) is 3.98. The van der Waals surface area contributed by atoms with Crippen LogP contribution < -0.4 is 39.4 Å². The standard InChI is InChI=1S/C25H28FN3O3S.C21H25N3O3S3/c1-17-15-29(16-18(2)27-17)24-14-20(10-13-25(24)32-3)28-33(30,31)21-11-8-19(9-12-21)22-6-4-5-7-23(22)26;1-14-11-24(12-15(2)22-14)17-4-5-19(27-3)18(10-17)23-30(25,26)21-7-6-20(29-21)16-8-9-28-13-16/h4-14,17-18,27-28H,15-16H2,1-3H3;4-10,13-15,22-23H,11-12H2,1-3H3/t17-,18+;14-,15+. The molecule has 0 spiro atoms. The molecule has 0 bridgehead atoms. The normalized spacial score (nSPS) is 19.2. The molecule has 8 rings (SSSR count). The Balaban J connectivity index is 0.000000190. The third kappa shape index (κ3) is 11.1. The Bertz CT molecular complexity index is 2700. The second-order valence-electron chi connectivity index (χ2n) is 15.9. The lowest BCUT2D eigenvalue weighted by atomic mass is 10.1. The van der Waals surface area contributed by atoms with Crippen molar-refractivity contribution < 1.29 is 30.7 Å². The van der Waals surface area contributed by atoms with Gasteiger partial charge in [0, 0.05) is 72.0 Å². The van der Waals surface area contributed by atoms with Gasteiger partial charge in [-0.25, -0.2) is 21.2 Å². The molecule has 2 saturated heterocycles. The van der Waals surface area contributed by atoms with E-state index in [1.165, 1.54) is 29.5 Å². The average molecular weight is 933 g/mol. The number of nitrogens with zero attached hydrogens (tertiary/aromatic N) is 2. The molecule has 6 aromatic rings. The Labute approximate surface area is 378 Å². The predicted octanol–water partition coefficient (Wildman–Crippen LogP) is 8.96. The first-order chi connectivity index (χ1) is 30.1. The van der Waals surface area contributed by atoms with Crippen molar-refractivity contribution in [3.63, 3.8) is 0 Å². The molecule has 0 amide bonds. The zero-order valence-corrected chi connectivity index (χ0v) is 39.2. The van der Waals surface area contributed by atoms with Gasteiger partial charge in [-0.2, -0.15) is 11.3 Å². The molecule has 2 aromatic heterocycles. The number of sulfonamides is 2. The Morgan fingerprint density at radius 3 is 1.92 bits per heavy atom. The van der Waals surface area contributed by atoms with Gasteiger partial charge in [-0.1, -0.05) is 30.3 Å². The topological polar surface area (TPSA) is 141 Å². The van der Waals surface area contributed by atoms with Gasteiger partial charge in [0.1, 0.15) is 21.5 Å². The SMILES string of the molecule is COc1ccc(N2C[C@@H](C)N[C@@H](C)C2)cc1NS(=O)(=O)c1ccc(-c2ccsc2)s1.COc1ccc(NS(=O)(=O)c2ccc(-c3ccccc3F)cc2)cc1N1C[C@@H](C)N[C@@H](C)C1. The summed E-state index contributed by atoms with van der Waals surface area (Å²) in [6.07, 6.45) is 0. The molecule has 63 heavy (non-hydrogen) atoms. The van der Waals surface area contributed by atoms with Crippen molar-refractivity contribution >= 4 is 65.5 Å². The van der Waals surface area contributed by atoms with Crippen molar-refractivity contribution in [2.75, 3.05) is 59.6 Å². The first kappa shape index (κ1) is 45.8. The van der Waals surface area contributed by atoms with Gasteiger partial charge in [0.05, 0.1) is 36.2 Å². The number of anilines is 4. The van der Waals surface area contributed by atoms with Gasteiger partial charge in [-0.15, -0.1) is 11.3 Å². The maximum Gasteiger partial charge on any atom is 0.271 e. The highest BCUT2D eigenvalue weighted by atomic mass is 32.2. The van der Waals surface area contributed by atoms with Crippen molar-refractivity contribution in [3.05, 3.63) is 120 Å². The van der Waals surface area contributed by atoms with E-state index in [0.717, 1.165) is 48.0 Å². The van der Waals surface area contributed by atoms with Gasteiger partial charge in [-0.05, 0) is 117 Å². The zero-order valence-electron chi connectivity index (χ0n) is 36.0. The van der Waals surface area contributed by atoms with E-state index in [-0.39, 0.29) is 14.9 Å². The second kappa shape index (κ2) is 19.7. The summed E-state index contributed by atoms with van der Waals surface area (Å²) in [7, 11) is -4.40. The van der Waals surface area contributed by atoms with Gasteiger partial charge < -0.3 is 29.9 Å². The molecular weight excluding hydrogens is 880 g/mol. The molecule has 17 heteroatoms. The number of hydrogen-bond donors (Lipinski definition) is 4. The zero-order chi connectivity index (χ0) is 44.9. The largest absolute Gasteiger partial charge is 0.495 e. The molecule has 4 N–H and O–H groups in total. The molecular formula is C46H53FN6O6S4. The van der Waals surface area contributed by atoms with Crippen LogP contribution in [0.3, 0.4) is 0 Å². The Kier molecular flexibility index (Phi) is 14.3.